The van der Waals surface area contributed by atoms with E-state index in [1.54, 1.807) is 24.3 Å². The first-order valence-electron chi connectivity index (χ1n) is 9.66. The van der Waals surface area contributed by atoms with Crippen LogP contribution in [0.2, 0.25) is 0 Å². The van der Waals surface area contributed by atoms with Gasteiger partial charge in [-0.15, -0.1) is 0 Å². The fourth-order valence-corrected chi connectivity index (χ4v) is 3.57. The lowest BCUT2D eigenvalue weighted by atomic mass is 10.0. The summed E-state index contributed by atoms with van der Waals surface area (Å²) in [5.74, 6) is -0.0484. The molecule has 0 saturated carbocycles. The van der Waals surface area contributed by atoms with Crippen LogP contribution in [-0.4, -0.2) is 66.3 Å². The Balaban J connectivity index is 1.62. The topological polar surface area (TPSA) is 81.8 Å². The number of nitrogens with zero attached hydrogens (tertiary/aromatic N) is 2. The van der Waals surface area contributed by atoms with Crippen molar-refractivity contribution >= 4 is 23.4 Å². The number of piperidine rings is 1. The third kappa shape index (κ3) is 4.66. The molecule has 7 nitrogen and oxygen atoms in total. The number of carbonyl (C=O) groups excluding carboxylic acids is 3. The second-order valence-corrected chi connectivity index (χ2v) is 7.53. The summed E-state index contributed by atoms with van der Waals surface area (Å²) in [4.78, 5) is 40.5. The van der Waals surface area contributed by atoms with E-state index in [2.05, 4.69) is 10.6 Å². The molecule has 2 heterocycles. The smallest absolute Gasteiger partial charge is 0.253 e. The summed E-state index contributed by atoms with van der Waals surface area (Å²) in [5, 5.41) is 5.92. The van der Waals surface area contributed by atoms with Crippen molar-refractivity contribution < 1.29 is 14.4 Å². The largest absolute Gasteiger partial charge is 0.337 e. The maximum atomic E-state index is 12.9. The van der Waals surface area contributed by atoms with E-state index in [0.717, 1.165) is 19.4 Å². The Morgan fingerprint density at radius 3 is 2.59 bits per heavy atom. The normalized spacial score (nSPS) is 20.7. The van der Waals surface area contributed by atoms with Crippen molar-refractivity contribution in [1.82, 2.24) is 15.1 Å². The predicted molar refractivity (Wildman–Crippen MR) is 103 cm³/mol. The Hall–Kier alpha value is -2.41. The third-order valence-electron chi connectivity index (χ3n) is 5.17. The van der Waals surface area contributed by atoms with E-state index < -0.39 is 0 Å². The van der Waals surface area contributed by atoms with Gasteiger partial charge in [-0.05, 0) is 37.1 Å². The predicted octanol–water partition coefficient (Wildman–Crippen LogP) is 1.32. The Morgan fingerprint density at radius 1 is 1.19 bits per heavy atom. The minimum Gasteiger partial charge on any atom is -0.337 e. The standard InChI is InChI=1S/C20H28N4O3/c1-14(2)19(26)22-16-7-5-15(6-8-16)20(27)23-10-3-4-17(13-23)24-11-9-21-12-18(24)25/h5-8,14,17,21H,3-4,9-13H2,1-2H3,(H,22,26). The highest BCUT2D eigenvalue weighted by molar-refractivity contribution is 5.96. The zero-order valence-electron chi connectivity index (χ0n) is 16.0. The lowest BCUT2D eigenvalue weighted by Gasteiger charge is -2.41. The van der Waals surface area contributed by atoms with Crippen LogP contribution in [0.25, 0.3) is 0 Å². The Bertz CT molecular complexity index is 702. The molecule has 7 heteroatoms. The quantitative estimate of drug-likeness (QED) is 0.835. The molecule has 3 amide bonds. The zero-order valence-corrected chi connectivity index (χ0v) is 16.0. The van der Waals surface area contributed by atoms with Gasteiger partial charge in [0.25, 0.3) is 5.91 Å². The van der Waals surface area contributed by atoms with E-state index in [4.69, 9.17) is 0 Å². The summed E-state index contributed by atoms with van der Waals surface area (Å²) < 4.78 is 0. The number of nitrogens with one attached hydrogen (secondary N) is 2. The van der Waals surface area contributed by atoms with Crippen LogP contribution in [0, 0.1) is 5.92 Å². The molecule has 0 radical (unpaired) electrons. The molecule has 1 unspecified atom stereocenters. The summed E-state index contributed by atoms with van der Waals surface area (Å²) >= 11 is 0. The van der Waals surface area contributed by atoms with Crippen molar-refractivity contribution in [2.75, 3.05) is 38.0 Å². The lowest BCUT2D eigenvalue weighted by molar-refractivity contribution is -0.135. The highest BCUT2D eigenvalue weighted by atomic mass is 16.2. The van der Waals surface area contributed by atoms with Gasteiger partial charge in [-0.1, -0.05) is 13.8 Å². The van der Waals surface area contributed by atoms with Crippen LogP contribution in [0.3, 0.4) is 0 Å². The van der Waals surface area contributed by atoms with E-state index in [1.165, 1.54) is 0 Å². The molecule has 0 spiro atoms. The van der Waals surface area contributed by atoms with Crippen LogP contribution in [0.1, 0.15) is 37.0 Å². The van der Waals surface area contributed by atoms with Crippen LogP contribution in [0.4, 0.5) is 5.69 Å². The average Bonchev–Trinajstić information content (AvgIpc) is 2.68. The van der Waals surface area contributed by atoms with Crippen molar-refractivity contribution in [3.8, 4) is 0 Å². The molecule has 2 saturated heterocycles. The zero-order chi connectivity index (χ0) is 19.4. The van der Waals surface area contributed by atoms with Crippen molar-refractivity contribution in [2.24, 2.45) is 5.92 Å². The number of carbonyl (C=O) groups is 3. The Labute approximate surface area is 160 Å². The molecule has 2 aliphatic heterocycles. The number of likely N-dealkylation sites (tertiary alicyclic amines) is 1. The molecule has 2 aliphatic rings. The lowest BCUT2D eigenvalue weighted by Crippen LogP contribution is -2.57. The molecule has 0 aliphatic carbocycles. The highest BCUT2D eigenvalue weighted by Gasteiger charge is 2.31. The molecule has 27 heavy (non-hydrogen) atoms. The molecular weight excluding hydrogens is 344 g/mol. The summed E-state index contributed by atoms with van der Waals surface area (Å²) in [6.07, 6.45) is 1.84. The van der Waals surface area contributed by atoms with Crippen molar-refractivity contribution in [2.45, 2.75) is 32.7 Å². The first-order valence-corrected chi connectivity index (χ1v) is 9.66. The maximum absolute atomic E-state index is 12.9. The number of benzene rings is 1. The first kappa shape index (κ1) is 19.4. The monoisotopic (exact) mass is 372 g/mol. The van der Waals surface area contributed by atoms with Gasteiger partial charge >= 0.3 is 0 Å². The minimum atomic E-state index is -0.0933. The van der Waals surface area contributed by atoms with Crippen molar-refractivity contribution in [3.05, 3.63) is 29.8 Å². The van der Waals surface area contributed by atoms with Gasteiger partial charge in [-0.25, -0.2) is 0 Å². The van der Waals surface area contributed by atoms with Crippen molar-refractivity contribution in [1.29, 1.82) is 0 Å². The summed E-state index contributed by atoms with van der Waals surface area (Å²) in [6, 6.07) is 7.11. The molecule has 0 bridgehead atoms. The number of amides is 3. The van der Waals surface area contributed by atoms with E-state index in [0.29, 0.717) is 37.4 Å². The van der Waals surface area contributed by atoms with Crippen molar-refractivity contribution in [3.63, 3.8) is 0 Å². The second-order valence-electron chi connectivity index (χ2n) is 7.53. The Kier molecular flexibility index (Phi) is 6.11. The number of anilines is 1. The molecule has 0 aromatic heterocycles. The van der Waals surface area contributed by atoms with Gasteiger partial charge < -0.3 is 20.4 Å². The summed E-state index contributed by atoms with van der Waals surface area (Å²) in [5.41, 5.74) is 1.29. The second kappa shape index (κ2) is 8.52. The molecule has 1 atom stereocenters. The number of hydrogen-bond acceptors (Lipinski definition) is 4. The van der Waals surface area contributed by atoms with Gasteiger partial charge in [0.1, 0.15) is 0 Å². The fraction of sp³-hybridized carbons (Fsp3) is 0.550. The van der Waals surface area contributed by atoms with Gasteiger partial charge in [-0.2, -0.15) is 0 Å². The number of hydrogen-bond donors (Lipinski definition) is 2. The van der Waals surface area contributed by atoms with Gasteiger partial charge in [0.2, 0.25) is 11.8 Å². The van der Waals surface area contributed by atoms with Gasteiger partial charge in [0, 0.05) is 49.4 Å². The van der Waals surface area contributed by atoms with Crippen LogP contribution >= 0.6 is 0 Å². The first-order chi connectivity index (χ1) is 13.0. The van der Waals surface area contributed by atoms with E-state index in [1.807, 2.05) is 23.6 Å². The third-order valence-corrected chi connectivity index (χ3v) is 5.17. The van der Waals surface area contributed by atoms with Gasteiger partial charge in [0.15, 0.2) is 0 Å². The average molecular weight is 372 g/mol. The van der Waals surface area contributed by atoms with E-state index >= 15 is 0 Å². The van der Waals surface area contributed by atoms with Gasteiger partial charge in [-0.3, -0.25) is 14.4 Å². The fourth-order valence-electron chi connectivity index (χ4n) is 3.57. The molecule has 3 rings (SSSR count). The minimum absolute atomic E-state index is 0.0241. The van der Waals surface area contributed by atoms with Gasteiger partial charge in [0.05, 0.1) is 6.54 Å². The number of rotatable bonds is 4. The molecule has 2 N–H and O–H groups in total. The van der Waals surface area contributed by atoms with Crippen LogP contribution in [0.15, 0.2) is 24.3 Å². The summed E-state index contributed by atoms with van der Waals surface area (Å²) in [6.45, 7) is 6.85. The van der Waals surface area contributed by atoms with Crippen LogP contribution in [-0.2, 0) is 9.59 Å². The van der Waals surface area contributed by atoms with Crippen LogP contribution < -0.4 is 10.6 Å². The number of piperazine rings is 1. The maximum Gasteiger partial charge on any atom is 0.253 e. The molecule has 2 fully saturated rings. The molecule has 1 aromatic carbocycles. The van der Waals surface area contributed by atoms with E-state index in [-0.39, 0.29) is 29.7 Å². The molecular formula is C20H28N4O3. The summed E-state index contributed by atoms with van der Waals surface area (Å²) in [7, 11) is 0. The Morgan fingerprint density at radius 2 is 1.93 bits per heavy atom. The molecule has 1 aromatic rings. The van der Waals surface area contributed by atoms with E-state index in [9.17, 15) is 14.4 Å². The molecule has 146 valence electrons. The SMILES string of the molecule is CC(C)C(=O)Nc1ccc(C(=O)N2CCCC(N3CCNCC3=O)C2)cc1. The van der Waals surface area contributed by atoms with Crippen LogP contribution in [0.5, 0.6) is 0 Å². The highest BCUT2D eigenvalue weighted by Crippen LogP contribution is 2.20.